The number of hydrogen-bond acceptors (Lipinski definition) is 14. The van der Waals surface area contributed by atoms with Crippen molar-refractivity contribution in [2.75, 3.05) is 59.0 Å². The number of amides is 1. The molecule has 1 amide bonds. The summed E-state index contributed by atoms with van der Waals surface area (Å²) in [6.45, 7) is 8.16. The summed E-state index contributed by atoms with van der Waals surface area (Å²) in [6, 6.07) is 9.97. The van der Waals surface area contributed by atoms with Gasteiger partial charge in [-0.2, -0.15) is 8.42 Å². The van der Waals surface area contributed by atoms with E-state index >= 15 is 4.79 Å². The average Bonchev–Trinajstić information content (AvgIpc) is 3.95. The first-order valence-electron chi connectivity index (χ1n) is 22.0. The summed E-state index contributed by atoms with van der Waals surface area (Å²) in [5.41, 5.74) is -3.15. The Labute approximate surface area is 377 Å². The highest BCUT2D eigenvalue weighted by Gasteiger charge is 2.81. The van der Waals surface area contributed by atoms with Gasteiger partial charge in [0.1, 0.15) is 11.2 Å². The summed E-state index contributed by atoms with van der Waals surface area (Å²) >= 11 is 0. The summed E-state index contributed by atoms with van der Waals surface area (Å²) in [5, 5.41) is 26.3. The van der Waals surface area contributed by atoms with Gasteiger partial charge in [-0.25, -0.2) is 4.79 Å². The van der Waals surface area contributed by atoms with E-state index in [0.717, 1.165) is 16.5 Å². The number of carbonyl (C=O) groups excluding carboxylic acids is 4. The zero-order valence-electron chi connectivity index (χ0n) is 37.4. The summed E-state index contributed by atoms with van der Waals surface area (Å²) in [7, 11) is -0.577. The number of aliphatic hydroxyl groups is 2. The molecule has 5 aliphatic heterocycles. The van der Waals surface area contributed by atoms with E-state index in [2.05, 4.69) is 20.9 Å². The molecule has 18 nitrogen and oxygen atoms in total. The minimum absolute atomic E-state index is 0.155. The number of H-pyrrole nitrogens is 1. The molecular formula is C46H58N4O14S. The molecular weight excluding hydrogens is 865 g/mol. The summed E-state index contributed by atoms with van der Waals surface area (Å²) in [4.78, 5) is 66.1. The predicted molar refractivity (Wildman–Crippen MR) is 235 cm³/mol. The Morgan fingerprint density at radius 3 is 2.29 bits per heavy atom. The van der Waals surface area contributed by atoms with Crippen LogP contribution < -0.4 is 9.64 Å². The molecule has 1 saturated carbocycles. The molecule has 1 aromatic heterocycles. The molecule has 1 aliphatic carbocycles. The van der Waals surface area contributed by atoms with Crippen molar-refractivity contribution in [2.24, 2.45) is 11.3 Å². The summed E-state index contributed by atoms with van der Waals surface area (Å²) < 4.78 is 55.3. The number of para-hydroxylation sites is 1. The second-order valence-corrected chi connectivity index (χ2v) is 19.4. The number of benzene rings is 2. The third-order valence-electron chi connectivity index (χ3n) is 15.5. The highest BCUT2D eigenvalue weighted by Crippen LogP contribution is 2.68. The van der Waals surface area contributed by atoms with Crippen LogP contribution >= 0.6 is 0 Å². The number of methoxy groups -OCH3 is 3. The van der Waals surface area contributed by atoms with Crippen LogP contribution in [0.4, 0.5) is 5.69 Å². The van der Waals surface area contributed by atoms with E-state index in [0.29, 0.717) is 99.5 Å². The quantitative estimate of drug-likeness (QED) is 0.0717. The SMILES string of the molecule is CC[C@]1(O)CC2CN(CCc3c([nH]c4ccccc34)[C@@](C(=O)OC)(c3cc4c(cc3OC)N(C=O)[C@H]3[C@]45CCN4CC=C[C@@](CC)(C(OC(C)=O)[C@]3(O)C(=O)OC)[C@@H]45)C2)C1.O=S(=O)(O)O. The van der Waals surface area contributed by atoms with Gasteiger partial charge in [-0.1, -0.05) is 44.2 Å². The number of nitrogens with zero attached hydrogens (tertiary/aromatic N) is 3. The minimum atomic E-state index is -4.67. The van der Waals surface area contributed by atoms with Gasteiger partial charge in [0, 0.05) is 78.2 Å². The van der Waals surface area contributed by atoms with E-state index in [1.54, 1.807) is 6.07 Å². The van der Waals surface area contributed by atoms with Crippen LogP contribution in [0.3, 0.4) is 0 Å². The highest BCUT2D eigenvalue weighted by molar-refractivity contribution is 7.79. The molecule has 3 fully saturated rings. The zero-order chi connectivity index (χ0) is 47.1. The van der Waals surface area contributed by atoms with Gasteiger partial charge < -0.3 is 39.0 Å². The number of rotatable bonds is 8. The van der Waals surface area contributed by atoms with Gasteiger partial charge in [0.15, 0.2) is 6.10 Å². The van der Waals surface area contributed by atoms with Crippen molar-refractivity contribution in [1.82, 2.24) is 14.8 Å². The van der Waals surface area contributed by atoms with E-state index in [1.165, 1.54) is 33.2 Å². The Balaban J connectivity index is 0.00000109. The molecule has 3 unspecified atom stereocenters. The number of carbonyl (C=O) groups is 4. The first kappa shape index (κ1) is 46.6. The number of nitrogens with one attached hydrogen (secondary N) is 1. The van der Waals surface area contributed by atoms with Gasteiger partial charge >= 0.3 is 28.3 Å². The Morgan fingerprint density at radius 2 is 1.66 bits per heavy atom. The van der Waals surface area contributed by atoms with E-state index in [9.17, 15) is 24.6 Å². The number of fused-ring (bicyclic) bond motifs is 6. The van der Waals surface area contributed by atoms with Crippen LogP contribution in [0.25, 0.3) is 10.9 Å². The van der Waals surface area contributed by atoms with E-state index in [-0.39, 0.29) is 12.3 Å². The molecule has 5 N–H and O–H groups in total. The van der Waals surface area contributed by atoms with Crippen molar-refractivity contribution in [3.05, 3.63) is 70.9 Å². The lowest BCUT2D eigenvalue weighted by Crippen LogP contribution is -2.81. The van der Waals surface area contributed by atoms with Gasteiger partial charge in [0.2, 0.25) is 12.0 Å². The molecule has 352 valence electrons. The van der Waals surface area contributed by atoms with Crippen LogP contribution in [0.5, 0.6) is 5.75 Å². The second kappa shape index (κ2) is 16.5. The Morgan fingerprint density at radius 1 is 0.954 bits per heavy atom. The third kappa shape index (κ3) is 6.90. The van der Waals surface area contributed by atoms with Gasteiger partial charge in [0.25, 0.3) is 0 Å². The Hall–Kier alpha value is -4.89. The van der Waals surface area contributed by atoms with Gasteiger partial charge in [-0.15, -0.1) is 0 Å². The molecule has 0 radical (unpaired) electrons. The maximum Gasteiger partial charge on any atom is 0.394 e. The maximum absolute atomic E-state index is 15.3. The molecule has 1 spiro atoms. The highest BCUT2D eigenvalue weighted by atomic mass is 32.3. The number of aromatic nitrogens is 1. The van der Waals surface area contributed by atoms with Crippen molar-refractivity contribution in [3.8, 4) is 5.75 Å². The molecule has 6 heterocycles. The van der Waals surface area contributed by atoms with Crippen LogP contribution in [0, 0.1) is 11.3 Å². The molecule has 19 heteroatoms. The number of hydrogen-bond donors (Lipinski definition) is 5. The van der Waals surface area contributed by atoms with Gasteiger partial charge in [-0.05, 0) is 74.2 Å². The molecule has 9 rings (SSSR count). The molecule has 3 aromatic rings. The molecule has 2 saturated heterocycles. The molecule has 2 bridgehead atoms. The normalized spacial score (nSPS) is 34.6. The van der Waals surface area contributed by atoms with Crippen LogP contribution in [0.15, 0.2) is 48.6 Å². The first-order chi connectivity index (χ1) is 30.8. The lowest BCUT2D eigenvalue weighted by molar-refractivity contribution is -0.228. The van der Waals surface area contributed by atoms with Crippen molar-refractivity contribution < 1.29 is 65.9 Å². The van der Waals surface area contributed by atoms with Gasteiger partial charge in [-0.3, -0.25) is 33.3 Å². The number of anilines is 1. The van der Waals surface area contributed by atoms with Crippen molar-refractivity contribution in [3.63, 3.8) is 0 Å². The van der Waals surface area contributed by atoms with Crippen molar-refractivity contribution in [2.45, 2.75) is 99.5 Å². The van der Waals surface area contributed by atoms with Gasteiger partial charge in [0.05, 0.1) is 38.7 Å². The van der Waals surface area contributed by atoms with E-state index in [1.807, 2.05) is 50.3 Å². The minimum Gasteiger partial charge on any atom is -0.496 e. The predicted octanol–water partition coefficient (Wildman–Crippen LogP) is 2.86. The average molecular weight is 923 g/mol. The number of piperidine rings is 1. The Bertz CT molecular complexity index is 2560. The third-order valence-corrected chi connectivity index (χ3v) is 15.5. The molecule has 6 aliphatic rings. The number of ether oxygens (including phenoxy) is 4. The summed E-state index contributed by atoms with van der Waals surface area (Å²) in [6.07, 6.45) is 5.83. The second-order valence-electron chi connectivity index (χ2n) is 18.6. The lowest BCUT2D eigenvalue weighted by Gasteiger charge is -2.63. The fourth-order valence-electron chi connectivity index (χ4n) is 13.4. The topological polar surface area (TPSA) is 246 Å². The Kier molecular flexibility index (Phi) is 11.8. The standard InChI is InChI=1S/C46H56N4O10.H2O4S/c1-7-42(55)22-28-23-45(40(53)58-5,36-30(14-18-48(24-28)25-42)29-12-9-10-13-33(29)47-36)32-20-31-34(21-35(32)57-4)50(26-51)38-44(31)16-19-49-17-11-15-43(8-2,37(44)49)39(60-27(3)52)46(38,56)41(54)59-6;1-5(2,3)4/h9-13,15,20-21,26,28,37-39,47,55-56H,7-8,14,16-19,22-25H2,1-6H3;(H2,1,2,3,4)/t28?,37-,38+,39?,42+,43-,44-,45+,46+;/m1./s1. The molecule has 2 aromatic carbocycles. The number of esters is 3. The fraction of sp³-hybridized carbons (Fsp3) is 0.565. The van der Waals surface area contributed by atoms with E-state index in [4.69, 9.17) is 36.5 Å². The first-order valence-corrected chi connectivity index (χ1v) is 23.4. The zero-order valence-corrected chi connectivity index (χ0v) is 38.2. The summed E-state index contributed by atoms with van der Waals surface area (Å²) in [5.74, 6) is -2.06. The smallest absolute Gasteiger partial charge is 0.394 e. The van der Waals surface area contributed by atoms with Crippen LogP contribution in [0.2, 0.25) is 0 Å². The van der Waals surface area contributed by atoms with Crippen molar-refractivity contribution >= 4 is 51.3 Å². The van der Waals surface area contributed by atoms with Crippen molar-refractivity contribution in [1.29, 1.82) is 0 Å². The fourth-order valence-corrected chi connectivity index (χ4v) is 13.4. The van der Waals surface area contributed by atoms with Crippen LogP contribution in [-0.2, 0) is 61.0 Å². The molecule has 10 atom stereocenters. The lowest BCUT2D eigenvalue weighted by atomic mass is 9.47. The molecule has 65 heavy (non-hydrogen) atoms. The largest absolute Gasteiger partial charge is 0.496 e. The maximum atomic E-state index is 15.3. The van der Waals surface area contributed by atoms with Crippen LogP contribution in [0.1, 0.15) is 75.3 Å². The van der Waals surface area contributed by atoms with E-state index < -0.39 is 73.9 Å². The van der Waals surface area contributed by atoms with Crippen LogP contribution in [-0.4, -0.2) is 150 Å². The monoisotopic (exact) mass is 922 g/mol. The number of aromatic amines is 1.